The van der Waals surface area contributed by atoms with Crippen molar-refractivity contribution in [1.82, 2.24) is 10.2 Å². The molecule has 1 N–H and O–H groups in total. The lowest BCUT2D eigenvalue weighted by Crippen LogP contribution is -2.44. The average Bonchev–Trinajstić information content (AvgIpc) is 2.38. The first kappa shape index (κ1) is 14.3. The molecule has 2 aliphatic heterocycles. The number of likely N-dealkylation sites (tertiary alicyclic amines) is 1. The van der Waals surface area contributed by atoms with Crippen LogP contribution in [0.15, 0.2) is 0 Å². The van der Waals surface area contributed by atoms with Crippen molar-refractivity contribution in [3.8, 4) is 0 Å². The summed E-state index contributed by atoms with van der Waals surface area (Å²) in [6.07, 6.45) is 8.25. The van der Waals surface area contributed by atoms with Gasteiger partial charge in [0.2, 0.25) is 0 Å². The van der Waals surface area contributed by atoms with Gasteiger partial charge in [-0.3, -0.25) is 4.90 Å². The van der Waals surface area contributed by atoms with Crippen LogP contribution in [0.3, 0.4) is 0 Å². The lowest BCUT2D eigenvalue weighted by atomic mass is 9.97. The molecule has 0 aliphatic carbocycles. The Kier molecular flexibility index (Phi) is 5.93. The van der Waals surface area contributed by atoms with E-state index in [1.165, 1.54) is 45.1 Å². The summed E-state index contributed by atoms with van der Waals surface area (Å²) < 4.78 is 5.98. The molecule has 0 amide bonds. The summed E-state index contributed by atoms with van der Waals surface area (Å²) in [6.45, 7) is 9.18. The van der Waals surface area contributed by atoms with Gasteiger partial charge in [0.1, 0.15) is 0 Å². The SMILES string of the molecule is C[C@@H]1CCC[C@H](C)N1CCCOC1CCNCC1. The van der Waals surface area contributed by atoms with Gasteiger partial charge in [-0.1, -0.05) is 6.42 Å². The molecule has 0 aromatic heterocycles. The molecule has 18 heavy (non-hydrogen) atoms. The van der Waals surface area contributed by atoms with Gasteiger partial charge in [-0.15, -0.1) is 0 Å². The predicted octanol–water partition coefficient (Wildman–Crippen LogP) is 2.41. The molecule has 0 radical (unpaired) electrons. The molecule has 0 aromatic carbocycles. The fraction of sp³-hybridized carbons (Fsp3) is 1.00. The normalized spacial score (nSPS) is 31.7. The highest BCUT2D eigenvalue weighted by atomic mass is 16.5. The molecule has 2 atom stereocenters. The van der Waals surface area contributed by atoms with E-state index in [2.05, 4.69) is 24.1 Å². The highest BCUT2D eigenvalue weighted by Gasteiger charge is 2.23. The molecule has 0 bridgehead atoms. The minimum absolute atomic E-state index is 0.516. The molecule has 0 aromatic rings. The van der Waals surface area contributed by atoms with Crippen LogP contribution < -0.4 is 5.32 Å². The van der Waals surface area contributed by atoms with Gasteiger partial charge in [0.15, 0.2) is 0 Å². The molecule has 2 aliphatic rings. The first-order valence-electron chi connectivity index (χ1n) is 7.85. The minimum Gasteiger partial charge on any atom is -0.378 e. The van der Waals surface area contributed by atoms with E-state index in [4.69, 9.17) is 4.74 Å². The summed E-state index contributed by atoms with van der Waals surface area (Å²) in [4.78, 5) is 2.68. The topological polar surface area (TPSA) is 24.5 Å². The van der Waals surface area contributed by atoms with Gasteiger partial charge in [-0.25, -0.2) is 0 Å². The van der Waals surface area contributed by atoms with Gasteiger partial charge in [0.25, 0.3) is 0 Å². The smallest absolute Gasteiger partial charge is 0.0599 e. The second kappa shape index (κ2) is 7.46. The molecule has 0 spiro atoms. The van der Waals surface area contributed by atoms with Gasteiger partial charge < -0.3 is 10.1 Å². The maximum absolute atomic E-state index is 5.98. The zero-order valence-electron chi connectivity index (χ0n) is 12.2. The second-order valence-electron chi connectivity index (χ2n) is 6.04. The number of hydrogen-bond acceptors (Lipinski definition) is 3. The number of piperidine rings is 2. The Hall–Kier alpha value is -0.120. The Morgan fingerprint density at radius 1 is 1.06 bits per heavy atom. The van der Waals surface area contributed by atoms with Gasteiger partial charge in [-0.05, 0) is 59.0 Å². The van der Waals surface area contributed by atoms with Crippen molar-refractivity contribution in [1.29, 1.82) is 0 Å². The number of ether oxygens (including phenoxy) is 1. The van der Waals surface area contributed by atoms with Crippen molar-refractivity contribution in [2.24, 2.45) is 0 Å². The zero-order chi connectivity index (χ0) is 12.8. The Labute approximate surface area is 112 Å². The van der Waals surface area contributed by atoms with E-state index in [0.717, 1.165) is 31.8 Å². The van der Waals surface area contributed by atoms with Crippen molar-refractivity contribution in [3.63, 3.8) is 0 Å². The molecule has 3 nitrogen and oxygen atoms in total. The van der Waals surface area contributed by atoms with Crippen LogP contribution in [0.5, 0.6) is 0 Å². The first-order valence-corrected chi connectivity index (χ1v) is 7.85. The van der Waals surface area contributed by atoms with Crippen LogP contribution in [0.2, 0.25) is 0 Å². The second-order valence-corrected chi connectivity index (χ2v) is 6.04. The summed E-state index contributed by atoms with van der Waals surface area (Å²) >= 11 is 0. The zero-order valence-corrected chi connectivity index (χ0v) is 12.2. The Morgan fingerprint density at radius 3 is 2.39 bits per heavy atom. The number of nitrogens with zero attached hydrogens (tertiary/aromatic N) is 1. The lowest BCUT2D eigenvalue weighted by Gasteiger charge is -2.39. The summed E-state index contributed by atoms with van der Waals surface area (Å²) in [5.74, 6) is 0. The van der Waals surface area contributed by atoms with Crippen LogP contribution in [0.25, 0.3) is 0 Å². The highest BCUT2D eigenvalue weighted by Crippen LogP contribution is 2.22. The van der Waals surface area contributed by atoms with Crippen molar-refractivity contribution < 1.29 is 4.74 Å². The standard InChI is InChI=1S/C15H30N2O/c1-13-5-3-6-14(2)17(13)11-4-12-18-15-7-9-16-10-8-15/h13-16H,3-12H2,1-2H3/t13-,14+. The molecule has 0 unspecified atom stereocenters. The summed E-state index contributed by atoms with van der Waals surface area (Å²) in [6, 6.07) is 1.54. The molecule has 2 heterocycles. The maximum atomic E-state index is 5.98. The maximum Gasteiger partial charge on any atom is 0.0599 e. The fourth-order valence-corrected chi connectivity index (χ4v) is 3.37. The third kappa shape index (κ3) is 4.22. The van der Waals surface area contributed by atoms with Gasteiger partial charge >= 0.3 is 0 Å². The Bertz CT molecular complexity index is 219. The van der Waals surface area contributed by atoms with E-state index in [0.29, 0.717) is 6.10 Å². The van der Waals surface area contributed by atoms with Crippen molar-refractivity contribution in [2.75, 3.05) is 26.2 Å². The first-order chi connectivity index (χ1) is 8.77. The van der Waals surface area contributed by atoms with E-state index in [-0.39, 0.29) is 0 Å². The van der Waals surface area contributed by atoms with E-state index in [9.17, 15) is 0 Å². The van der Waals surface area contributed by atoms with E-state index in [1.54, 1.807) is 0 Å². The fourth-order valence-electron chi connectivity index (χ4n) is 3.37. The third-order valence-electron chi connectivity index (χ3n) is 4.58. The molecule has 0 saturated carbocycles. The molecular weight excluding hydrogens is 224 g/mol. The molecule has 2 fully saturated rings. The third-order valence-corrected chi connectivity index (χ3v) is 4.58. The average molecular weight is 254 g/mol. The van der Waals surface area contributed by atoms with Crippen molar-refractivity contribution in [2.45, 2.75) is 70.6 Å². The van der Waals surface area contributed by atoms with Crippen molar-refractivity contribution in [3.05, 3.63) is 0 Å². The molecule has 3 heteroatoms. The number of rotatable bonds is 5. The van der Waals surface area contributed by atoms with E-state index < -0.39 is 0 Å². The van der Waals surface area contributed by atoms with Crippen LogP contribution in [0.1, 0.15) is 52.4 Å². The molecular formula is C15H30N2O. The summed E-state index contributed by atoms with van der Waals surface area (Å²) in [5, 5.41) is 3.38. The predicted molar refractivity (Wildman–Crippen MR) is 75.9 cm³/mol. The van der Waals surface area contributed by atoms with Crippen molar-refractivity contribution >= 4 is 0 Å². The van der Waals surface area contributed by atoms with Crippen LogP contribution in [0, 0.1) is 0 Å². The Morgan fingerprint density at radius 2 is 1.72 bits per heavy atom. The van der Waals surface area contributed by atoms with Crippen LogP contribution in [-0.2, 0) is 4.74 Å². The number of hydrogen-bond donors (Lipinski definition) is 1. The van der Waals surface area contributed by atoms with Crippen LogP contribution >= 0.6 is 0 Å². The Balaban J connectivity index is 1.59. The van der Waals surface area contributed by atoms with E-state index >= 15 is 0 Å². The minimum atomic E-state index is 0.516. The molecule has 2 rings (SSSR count). The van der Waals surface area contributed by atoms with Gasteiger partial charge in [-0.2, -0.15) is 0 Å². The van der Waals surface area contributed by atoms with Crippen LogP contribution in [-0.4, -0.2) is 49.3 Å². The summed E-state index contributed by atoms with van der Waals surface area (Å²) in [5.41, 5.74) is 0. The molecule has 106 valence electrons. The monoisotopic (exact) mass is 254 g/mol. The molecule has 2 saturated heterocycles. The van der Waals surface area contributed by atoms with Gasteiger partial charge in [0.05, 0.1) is 6.10 Å². The van der Waals surface area contributed by atoms with Gasteiger partial charge in [0, 0.05) is 25.2 Å². The highest BCUT2D eigenvalue weighted by molar-refractivity contribution is 4.79. The summed E-state index contributed by atoms with van der Waals surface area (Å²) in [7, 11) is 0. The lowest BCUT2D eigenvalue weighted by molar-refractivity contribution is 0.0199. The number of nitrogens with one attached hydrogen (secondary N) is 1. The van der Waals surface area contributed by atoms with Crippen LogP contribution in [0.4, 0.5) is 0 Å². The largest absolute Gasteiger partial charge is 0.378 e. The van der Waals surface area contributed by atoms with E-state index in [1.807, 2.05) is 0 Å². The quantitative estimate of drug-likeness (QED) is 0.763.